The molecular weight excluding hydrogens is 497 g/mol. The van der Waals surface area contributed by atoms with Crippen molar-refractivity contribution in [3.05, 3.63) is 52.4 Å². The molecule has 10 nitrogen and oxygen atoms in total. The van der Waals surface area contributed by atoms with Crippen LogP contribution >= 0.6 is 11.6 Å². The van der Waals surface area contributed by atoms with E-state index < -0.39 is 5.82 Å². The van der Waals surface area contributed by atoms with Crippen molar-refractivity contribution >= 4 is 40.9 Å². The van der Waals surface area contributed by atoms with Gasteiger partial charge in [-0.1, -0.05) is 11.6 Å². The third-order valence-electron chi connectivity index (χ3n) is 6.86. The summed E-state index contributed by atoms with van der Waals surface area (Å²) in [6, 6.07) is 8.35. The monoisotopic (exact) mass is 527 g/mol. The van der Waals surface area contributed by atoms with Gasteiger partial charge in [-0.05, 0) is 52.1 Å². The van der Waals surface area contributed by atoms with Crippen LogP contribution in [0.5, 0.6) is 0 Å². The number of rotatable bonds is 7. The van der Waals surface area contributed by atoms with Gasteiger partial charge in [-0.15, -0.1) is 0 Å². The van der Waals surface area contributed by atoms with E-state index in [-0.39, 0.29) is 22.5 Å². The van der Waals surface area contributed by atoms with Gasteiger partial charge < -0.3 is 25.3 Å². The summed E-state index contributed by atoms with van der Waals surface area (Å²) in [4.78, 5) is 28.5. The molecule has 4 heterocycles. The average molecular weight is 528 g/mol. The Kier molecular flexibility index (Phi) is 7.16. The lowest BCUT2D eigenvalue weighted by Gasteiger charge is -2.22. The Morgan fingerprint density at radius 2 is 1.97 bits per heavy atom. The molecule has 0 saturated carbocycles. The Balaban J connectivity index is 1.32. The van der Waals surface area contributed by atoms with Crippen LogP contribution in [0.2, 0.25) is 5.02 Å². The van der Waals surface area contributed by atoms with Crippen LogP contribution in [-0.2, 0) is 0 Å². The van der Waals surface area contributed by atoms with Crippen LogP contribution in [0.3, 0.4) is 0 Å². The highest BCUT2D eigenvalue weighted by Gasteiger charge is 2.30. The number of anilines is 4. The summed E-state index contributed by atoms with van der Waals surface area (Å²) in [5, 5.41) is 14.1. The second-order valence-electron chi connectivity index (χ2n) is 9.85. The summed E-state index contributed by atoms with van der Waals surface area (Å²) in [6.45, 7) is 4.64. The third-order valence-corrected chi connectivity index (χ3v) is 7.10. The normalized spacial score (nSPS) is 19.6. The molecule has 0 spiro atoms. The first-order valence-corrected chi connectivity index (χ1v) is 12.7. The molecule has 2 aromatic heterocycles. The van der Waals surface area contributed by atoms with Crippen molar-refractivity contribution in [1.29, 1.82) is 0 Å². The number of nitrogens with zero attached hydrogens (tertiary/aromatic N) is 6. The number of carbonyl (C=O) groups excluding carboxylic acids is 1. The minimum Gasteiger partial charge on any atom is -0.355 e. The predicted octanol–water partition coefficient (Wildman–Crippen LogP) is 3.51. The van der Waals surface area contributed by atoms with E-state index in [0.717, 1.165) is 37.1 Å². The fraction of sp³-hybridized carbons (Fsp3) is 0.440. The summed E-state index contributed by atoms with van der Waals surface area (Å²) in [5.41, 5.74) is 0.963. The number of amides is 1. The molecule has 2 fully saturated rings. The van der Waals surface area contributed by atoms with Crippen molar-refractivity contribution in [3.63, 3.8) is 0 Å². The Hall–Kier alpha value is -3.44. The van der Waals surface area contributed by atoms with E-state index in [4.69, 9.17) is 16.6 Å². The maximum absolute atomic E-state index is 14.3. The van der Waals surface area contributed by atoms with Crippen LogP contribution in [0, 0.1) is 12.7 Å². The van der Waals surface area contributed by atoms with Gasteiger partial charge in [0, 0.05) is 61.1 Å². The molecule has 0 unspecified atom stereocenters. The minimum atomic E-state index is -0.615. The molecule has 0 aliphatic carbocycles. The molecule has 1 aromatic carbocycles. The lowest BCUT2D eigenvalue weighted by atomic mass is 10.2. The van der Waals surface area contributed by atoms with Crippen molar-refractivity contribution < 1.29 is 9.18 Å². The third kappa shape index (κ3) is 5.78. The van der Waals surface area contributed by atoms with Crippen molar-refractivity contribution in [2.24, 2.45) is 0 Å². The number of nitrogens with one attached hydrogen (secondary N) is 3. The maximum Gasteiger partial charge on any atom is 0.256 e. The molecule has 5 rings (SSSR count). The quantitative estimate of drug-likeness (QED) is 0.429. The van der Waals surface area contributed by atoms with Crippen molar-refractivity contribution in [2.45, 2.75) is 31.8 Å². The van der Waals surface area contributed by atoms with E-state index in [1.165, 1.54) is 12.1 Å². The highest BCUT2D eigenvalue weighted by Crippen LogP contribution is 2.27. The van der Waals surface area contributed by atoms with Gasteiger partial charge in [-0.25, -0.2) is 4.39 Å². The number of likely N-dealkylation sites (N-methyl/N-ethyl adjacent to an activating group) is 1. The second-order valence-corrected chi connectivity index (χ2v) is 10.3. The molecule has 3 aromatic rings. The number of H-pyrrole nitrogens is 1. The topological polar surface area (TPSA) is 105 Å². The van der Waals surface area contributed by atoms with Crippen LogP contribution in [-0.4, -0.2) is 88.2 Å². The number of halogens is 2. The van der Waals surface area contributed by atoms with Crippen LogP contribution < -0.4 is 15.5 Å². The summed E-state index contributed by atoms with van der Waals surface area (Å²) in [6.07, 6.45) is 1.75. The first-order chi connectivity index (χ1) is 17.7. The predicted molar refractivity (Wildman–Crippen MR) is 142 cm³/mol. The van der Waals surface area contributed by atoms with Gasteiger partial charge in [0.2, 0.25) is 5.95 Å². The summed E-state index contributed by atoms with van der Waals surface area (Å²) >= 11 is 5.84. The molecule has 196 valence electrons. The number of hydrogen-bond donors (Lipinski definition) is 3. The van der Waals surface area contributed by atoms with Crippen molar-refractivity contribution in [1.82, 2.24) is 30.0 Å². The van der Waals surface area contributed by atoms with Gasteiger partial charge >= 0.3 is 0 Å². The van der Waals surface area contributed by atoms with E-state index in [0.29, 0.717) is 43.1 Å². The van der Waals surface area contributed by atoms with E-state index in [1.54, 1.807) is 4.90 Å². The van der Waals surface area contributed by atoms with E-state index >= 15 is 0 Å². The van der Waals surface area contributed by atoms with Gasteiger partial charge in [0.05, 0.1) is 5.56 Å². The standard InChI is InChI=1S/C25H31ClFN9O/c1-15-10-22(33-32-15)29-21-12-23(35-9-7-18(14-35)34(2)3)31-25(30-21)28-17-6-8-36(13-17)24(37)19-5-4-16(26)11-20(19)27/h4-5,10-12,17-18H,6-9,13-14H2,1-3H3,(H3,28,29,30,31,32,33)/t17-,18+/m0/s1. The zero-order valence-electron chi connectivity index (χ0n) is 21.1. The molecule has 12 heteroatoms. The molecule has 3 N–H and O–H groups in total. The fourth-order valence-electron chi connectivity index (χ4n) is 4.79. The lowest BCUT2D eigenvalue weighted by molar-refractivity contribution is 0.0787. The van der Waals surface area contributed by atoms with Crippen LogP contribution in [0.25, 0.3) is 0 Å². The highest BCUT2D eigenvalue weighted by atomic mass is 35.5. The molecule has 0 bridgehead atoms. The van der Waals surface area contributed by atoms with E-state index in [1.807, 2.05) is 19.1 Å². The number of hydrogen-bond acceptors (Lipinski definition) is 8. The lowest BCUT2D eigenvalue weighted by Crippen LogP contribution is -2.33. The molecule has 2 aliphatic heterocycles. The number of aryl methyl sites for hydroxylation is 1. The van der Waals surface area contributed by atoms with E-state index in [9.17, 15) is 9.18 Å². The summed E-state index contributed by atoms with van der Waals surface area (Å²) in [7, 11) is 4.19. The van der Waals surface area contributed by atoms with Crippen molar-refractivity contribution in [2.75, 3.05) is 55.8 Å². The number of aromatic amines is 1. The molecule has 2 saturated heterocycles. The largest absolute Gasteiger partial charge is 0.355 e. The van der Waals surface area contributed by atoms with Crippen molar-refractivity contribution in [3.8, 4) is 0 Å². The van der Waals surface area contributed by atoms with Gasteiger partial charge in [-0.3, -0.25) is 9.89 Å². The van der Waals surface area contributed by atoms with Crippen LogP contribution in [0.1, 0.15) is 28.9 Å². The Morgan fingerprint density at radius 1 is 1.14 bits per heavy atom. The van der Waals surface area contributed by atoms with Gasteiger partial charge in [0.1, 0.15) is 17.5 Å². The zero-order chi connectivity index (χ0) is 26.1. The number of aromatic nitrogens is 4. The number of carbonyl (C=O) groups is 1. The SMILES string of the molecule is Cc1cc(Nc2cc(N3CC[C@@H](N(C)C)C3)nc(N[C@H]3CCN(C(=O)c4ccc(Cl)cc4F)C3)n2)n[nH]1. The van der Waals surface area contributed by atoms with Gasteiger partial charge in [-0.2, -0.15) is 15.1 Å². The first-order valence-electron chi connectivity index (χ1n) is 12.4. The Labute approximate surface area is 220 Å². The summed E-state index contributed by atoms with van der Waals surface area (Å²) < 4.78 is 14.3. The minimum absolute atomic E-state index is 0.0218. The zero-order valence-corrected chi connectivity index (χ0v) is 21.9. The maximum atomic E-state index is 14.3. The van der Waals surface area contributed by atoms with E-state index in [2.05, 4.69) is 49.7 Å². The number of benzene rings is 1. The summed E-state index contributed by atoms with van der Waals surface area (Å²) in [5.74, 6) is 1.63. The second kappa shape index (κ2) is 10.5. The molecule has 2 atom stereocenters. The molecular formula is C25H31ClFN9O. The van der Waals surface area contributed by atoms with Gasteiger partial charge in [0.15, 0.2) is 5.82 Å². The Morgan fingerprint density at radius 3 is 2.68 bits per heavy atom. The first kappa shape index (κ1) is 25.2. The fourth-order valence-corrected chi connectivity index (χ4v) is 4.95. The van der Waals surface area contributed by atoms with Crippen LogP contribution in [0.15, 0.2) is 30.3 Å². The number of likely N-dealkylation sites (tertiary alicyclic amines) is 1. The molecule has 2 aliphatic rings. The van der Waals surface area contributed by atoms with Crippen LogP contribution in [0.4, 0.5) is 27.8 Å². The Bertz CT molecular complexity index is 1280. The highest BCUT2D eigenvalue weighted by molar-refractivity contribution is 6.30. The molecule has 37 heavy (non-hydrogen) atoms. The molecule has 0 radical (unpaired) electrons. The average Bonchev–Trinajstić information content (AvgIpc) is 3.60. The van der Waals surface area contributed by atoms with Gasteiger partial charge in [0.25, 0.3) is 5.91 Å². The smallest absolute Gasteiger partial charge is 0.256 e. The molecule has 1 amide bonds.